The van der Waals surface area contributed by atoms with Gasteiger partial charge in [0.2, 0.25) is 5.88 Å². The van der Waals surface area contributed by atoms with Crippen molar-refractivity contribution in [3.63, 3.8) is 0 Å². The summed E-state index contributed by atoms with van der Waals surface area (Å²) in [5.41, 5.74) is 2.28. The molecule has 0 bridgehead atoms. The van der Waals surface area contributed by atoms with Crippen LogP contribution in [0.15, 0.2) is 24.4 Å². The Bertz CT molecular complexity index is 1020. The van der Waals surface area contributed by atoms with Crippen LogP contribution in [-0.2, 0) is 0 Å². The largest absolute Gasteiger partial charge is 0.496 e. The number of methoxy groups -OCH3 is 2. The van der Waals surface area contributed by atoms with Crippen molar-refractivity contribution < 1.29 is 14.2 Å². The van der Waals surface area contributed by atoms with E-state index in [1.165, 1.54) is 12.8 Å². The summed E-state index contributed by atoms with van der Waals surface area (Å²) in [6.07, 6.45) is 4.10. The first kappa shape index (κ1) is 19.1. The van der Waals surface area contributed by atoms with Crippen LogP contribution in [-0.4, -0.2) is 30.8 Å². The zero-order valence-corrected chi connectivity index (χ0v) is 17.4. The van der Waals surface area contributed by atoms with Gasteiger partial charge in [0.15, 0.2) is 0 Å². The summed E-state index contributed by atoms with van der Waals surface area (Å²) >= 11 is 12.7. The van der Waals surface area contributed by atoms with E-state index in [0.29, 0.717) is 45.8 Å². The molecule has 2 aromatic heterocycles. The molecule has 0 spiro atoms. The van der Waals surface area contributed by atoms with Crippen molar-refractivity contribution in [3.05, 3.63) is 40.1 Å². The van der Waals surface area contributed by atoms with Crippen LogP contribution >= 0.6 is 23.2 Å². The monoisotopic (exact) mass is 418 g/mol. The van der Waals surface area contributed by atoms with Crippen molar-refractivity contribution in [2.75, 3.05) is 20.8 Å². The van der Waals surface area contributed by atoms with Gasteiger partial charge in [0.25, 0.3) is 0 Å². The first-order valence-corrected chi connectivity index (χ1v) is 9.78. The van der Waals surface area contributed by atoms with Crippen molar-refractivity contribution >= 4 is 34.0 Å². The zero-order valence-electron chi connectivity index (χ0n) is 15.9. The van der Waals surface area contributed by atoms with Gasteiger partial charge in [-0.15, -0.1) is 0 Å². The van der Waals surface area contributed by atoms with Gasteiger partial charge in [0.1, 0.15) is 16.7 Å². The maximum Gasteiger partial charge on any atom is 0.222 e. The molecule has 0 atom stereocenters. The second kappa shape index (κ2) is 7.64. The van der Waals surface area contributed by atoms with Crippen LogP contribution in [0, 0.1) is 12.8 Å². The quantitative estimate of drug-likeness (QED) is 0.479. The van der Waals surface area contributed by atoms with E-state index in [0.717, 1.165) is 21.9 Å². The number of nitrogens with zero attached hydrogens (tertiary/aromatic N) is 2. The topological polar surface area (TPSA) is 53.5 Å². The second-order valence-corrected chi connectivity index (χ2v) is 7.66. The van der Waals surface area contributed by atoms with Gasteiger partial charge in [-0.05, 0) is 37.8 Å². The SMILES string of the molecule is COc1cc(OC)c(Cl)c(-c2cc3cnc(Cl)cc3c(OCC3CC3)n2)c1C. The van der Waals surface area contributed by atoms with Gasteiger partial charge in [-0.25, -0.2) is 9.97 Å². The maximum atomic E-state index is 6.65. The molecule has 0 N–H and O–H groups in total. The Hall–Kier alpha value is -2.24. The van der Waals surface area contributed by atoms with Crippen molar-refractivity contribution in [1.82, 2.24) is 9.97 Å². The van der Waals surface area contributed by atoms with Crippen LogP contribution in [0.25, 0.3) is 22.0 Å². The Morgan fingerprint density at radius 2 is 1.82 bits per heavy atom. The number of hydrogen-bond acceptors (Lipinski definition) is 5. The van der Waals surface area contributed by atoms with Crippen LogP contribution < -0.4 is 14.2 Å². The van der Waals surface area contributed by atoms with E-state index in [1.54, 1.807) is 32.5 Å². The summed E-state index contributed by atoms with van der Waals surface area (Å²) in [5, 5.41) is 2.57. The predicted molar refractivity (Wildman–Crippen MR) is 111 cm³/mol. The fourth-order valence-electron chi connectivity index (χ4n) is 3.18. The van der Waals surface area contributed by atoms with Gasteiger partial charge in [0.05, 0.1) is 31.5 Å². The third-order valence-electron chi connectivity index (χ3n) is 4.94. The highest BCUT2D eigenvalue weighted by Crippen LogP contribution is 2.43. The molecule has 4 rings (SSSR count). The number of pyridine rings is 2. The Morgan fingerprint density at radius 1 is 1.07 bits per heavy atom. The average Bonchev–Trinajstić information content (AvgIpc) is 3.51. The van der Waals surface area contributed by atoms with Crippen LogP contribution in [0.2, 0.25) is 10.2 Å². The van der Waals surface area contributed by atoms with Gasteiger partial charge < -0.3 is 14.2 Å². The highest BCUT2D eigenvalue weighted by molar-refractivity contribution is 6.35. The van der Waals surface area contributed by atoms with Crippen LogP contribution in [0.5, 0.6) is 17.4 Å². The van der Waals surface area contributed by atoms with E-state index in [1.807, 2.05) is 13.0 Å². The zero-order chi connectivity index (χ0) is 19.8. The van der Waals surface area contributed by atoms with Gasteiger partial charge in [0, 0.05) is 34.2 Å². The molecule has 3 aromatic rings. The number of aromatic nitrogens is 2. The molecule has 7 heteroatoms. The summed E-state index contributed by atoms with van der Waals surface area (Å²) < 4.78 is 17.0. The summed E-state index contributed by atoms with van der Waals surface area (Å²) in [7, 11) is 3.19. The lowest BCUT2D eigenvalue weighted by Crippen LogP contribution is -2.03. The second-order valence-electron chi connectivity index (χ2n) is 6.89. The fraction of sp³-hybridized carbons (Fsp3) is 0.333. The first-order chi connectivity index (χ1) is 13.5. The van der Waals surface area contributed by atoms with Gasteiger partial charge in [-0.1, -0.05) is 23.2 Å². The standard InChI is InChI=1S/C21H20Cl2N2O3/c1-11-16(26-2)8-17(27-3)20(23)19(11)15-6-13-9-24-18(22)7-14(13)21(25-15)28-10-12-4-5-12/h6-9,12H,4-5,10H2,1-3H3. The predicted octanol–water partition coefficient (Wildman–Crippen LogP) is 5.72. The molecule has 1 saturated carbocycles. The lowest BCUT2D eigenvalue weighted by atomic mass is 10.0. The third kappa shape index (κ3) is 3.56. The summed E-state index contributed by atoms with van der Waals surface area (Å²) in [5.74, 6) is 2.32. The number of benzene rings is 1. The molecule has 1 aliphatic carbocycles. The van der Waals surface area contributed by atoms with Crippen molar-refractivity contribution in [1.29, 1.82) is 0 Å². The van der Waals surface area contributed by atoms with E-state index in [4.69, 9.17) is 42.4 Å². The van der Waals surface area contributed by atoms with E-state index in [9.17, 15) is 0 Å². The average molecular weight is 419 g/mol. The number of rotatable bonds is 6. The third-order valence-corrected chi connectivity index (χ3v) is 5.52. The molecule has 0 unspecified atom stereocenters. The minimum absolute atomic E-state index is 0.399. The van der Waals surface area contributed by atoms with E-state index in [2.05, 4.69) is 4.98 Å². The van der Waals surface area contributed by atoms with Crippen LogP contribution in [0.1, 0.15) is 18.4 Å². The lowest BCUT2D eigenvalue weighted by molar-refractivity contribution is 0.292. The molecule has 0 saturated heterocycles. The Kier molecular flexibility index (Phi) is 5.21. The van der Waals surface area contributed by atoms with E-state index >= 15 is 0 Å². The number of fused-ring (bicyclic) bond motifs is 1. The van der Waals surface area contributed by atoms with Gasteiger partial charge in [-0.2, -0.15) is 0 Å². The Balaban J connectivity index is 1.92. The molecule has 28 heavy (non-hydrogen) atoms. The smallest absolute Gasteiger partial charge is 0.222 e. The minimum atomic E-state index is 0.399. The molecule has 1 aromatic carbocycles. The summed E-state index contributed by atoms with van der Waals surface area (Å²) in [6, 6.07) is 5.47. The number of hydrogen-bond donors (Lipinski definition) is 0. The molecular formula is C21H20Cl2N2O3. The number of halogens is 2. The van der Waals surface area contributed by atoms with Crippen molar-refractivity contribution in [2.45, 2.75) is 19.8 Å². The molecule has 146 valence electrons. The summed E-state index contributed by atoms with van der Waals surface area (Å²) in [4.78, 5) is 8.98. The molecule has 5 nitrogen and oxygen atoms in total. The lowest BCUT2D eigenvalue weighted by Gasteiger charge is -2.17. The van der Waals surface area contributed by atoms with Crippen LogP contribution in [0.3, 0.4) is 0 Å². The Labute approximate surface area is 173 Å². The van der Waals surface area contributed by atoms with Crippen LogP contribution in [0.4, 0.5) is 0 Å². The highest BCUT2D eigenvalue weighted by Gasteiger charge is 2.24. The normalized spacial score (nSPS) is 13.6. The van der Waals surface area contributed by atoms with Gasteiger partial charge in [-0.3, -0.25) is 0 Å². The molecule has 1 aliphatic rings. The molecule has 0 radical (unpaired) electrons. The van der Waals surface area contributed by atoms with E-state index in [-0.39, 0.29) is 0 Å². The molecule has 0 aliphatic heterocycles. The van der Waals surface area contributed by atoms with Crippen molar-refractivity contribution in [2.24, 2.45) is 5.92 Å². The summed E-state index contributed by atoms with van der Waals surface area (Å²) in [6.45, 7) is 2.58. The van der Waals surface area contributed by atoms with Gasteiger partial charge >= 0.3 is 0 Å². The molecule has 2 heterocycles. The van der Waals surface area contributed by atoms with E-state index < -0.39 is 0 Å². The number of ether oxygens (including phenoxy) is 3. The molecule has 0 amide bonds. The minimum Gasteiger partial charge on any atom is -0.496 e. The first-order valence-electron chi connectivity index (χ1n) is 9.02. The molecular weight excluding hydrogens is 399 g/mol. The highest BCUT2D eigenvalue weighted by atomic mass is 35.5. The van der Waals surface area contributed by atoms with Crippen molar-refractivity contribution in [3.8, 4) is 28.6 Å². The molecule has 1 fully saturated rings. The fourth-order valence-corrected chi connectivity index (χ4v) is 3.70. The maximum absolute atomic E-state index is 6.65. The Morgan fingerprint density at radius 3 is 2.50 bits per heavy atom.